The topological polar surface area (TPSA) is 16.6 Å². The van der Waals surface area contributed by atoms with Crippen LogP contribution in [0.25, 0.3) is 0 Å². The SMILES string of the molecule is c1ccc([C@@H]2CSCC[NH2+]2)cc1. The molecule has 0 unspecified atom stereocenters. The molecule has 2 rings (SSSR count). The Morgan fingerprint density at radius 2 is 2.08 bits per heavy atom. The summed E-state index contributed by atoms with van der Waals surface area (Å²) in [5.41, 5.74) is 1.48. The number of hydrogen-bond donors (Lipinski definition) is 1. The van der Waals surface area contributed by atoms with Crippen molar-refractivity contribution in [2.75, 3.05) is 18.1 Å². The van der Waals surface area contributed by atoms with Crippen LogP contribution in [0.15, 0.2) is 30.3 Å². The van der Waals surface area contributed by atoms with E-state index in [9.17, 15) is 0 Å². The second-order valence-corrected chi connectivity index (χ2v) is 4.27. The fourth-order valence-corrected chi connectivity index (χ4v) is 2.62. The Labute approximate surface area is 77.6 Å². The lowest BCUT2D eigenvalue weighted by atomic mass is 10.1. The smallest absolute Gasteiger partial charge is 0.121 e. The normalized spacial score (nSPS) is 23.8. The Hall–Kier alpha value is -0.470. The Morgan fingerprint density at radius 1 is 1.25 bits per heavy atom. The zero-order valence-corrected chi connectivity index (χ0v) is 7.89. The van der Waals surface area contributed by atoms with Crippen molar-refractivity contribution in [2.24, 2.45) is 0 Å². The third-order valence-corrected chi connectivity index (χ3v) is 3.36. The van der Waals surface area contributed by atoms with Crippen LogP contribution in [0.1, 0.15) is 11.6 Å². The maximum absolute atomic E-state index is 2.45. The van der Waals surface area contributed by atoms with Crippen LogP contribution in [0.2, 0.25) is 0 Å². The van der Waals surface area contributed by atoms with E-state index >= 15 is 0 Å². The monoisotopic (exact) mass is 180 g/mol. The lowest BCUT2D eigenvalue weighted by Gasteiger charge is -2.19. The molecule has 1 aliphatic heterocycles. The summed E-state index contributed by atoms with van der Waals surface area (Å²) in [6.07, 6.45) is 0. The molecule has 0 aromatic heterocycles. The van der Waals surface area contributed by atoms with Crippen LogP contribution >= 0.6 is 11.8 Å². The average Bonchev–Trinajstić information content (AvgIpc) is 2.21. The van der Waals surface area contributed by atoms with Gasteiger partial charge in [-0.05, 0) is 0 Å². The van der Waals surface area contributed by atoms with Gasteiger partial charge in [-0.1, -0.05) is 30.3 Å². The molecule has 1 aromatic rings. The molecule has 1 fully saturated rings. The van der Waals surface area contributed by atoms with E-state index in [1.807, 2.05) is 0 Å². The van der Waals surface area contributed by atoms with Crippen molar-refractivity contribution < 1.29 is 5.32 Å². The summed E-state index contributed by atoms with van der Waals surface area (Å²) in [5.74, 6) is 2.58. The van der Waals surface area contributed by atoms with Gasteiger partial charge in [0.15, 0.2) is 0 Å². The molecule has 0 bridgehead atoms. The summed E-state index contributed by atoms with van der Waals surface area (Å²) < 4.78 is 0. The van der Waals surface area contributed by atoms with Gasteiger partial charge < -0.3 is 5.32 Å². The van der Waals surface area contributed by atoms with E-state index in [4.69, 9.17) is 0 Å². The molecule has 1 aromatic carbocycles. The molecular formula is C10H14NS+. The summed E-state index contributed by atoms with van der Waals surface area (Å²) in [4.78, 5) is 0. The molecule has 0 amide bonds. The summed E-state index contributed by atoms with van der Waals surface area (Å²) >= 11 is 2.07. The highest BCUT2D eigenvalue weighted by molar-refractivity contribution is 7.99. The van der Waals surface area contributed by atoms with Crippen molar-refractivity contribution in [1.29, 1.82) is 0 Å². The van der Waals surface area contributed by atoms with Crippen LogP contribution in [0.3, 0.4) is 0 Å². The fraction of sp³-hybridized carbons (Fsp3) is 0.400. The van der Waals surface area contributed by atoms with Gasteiger partial charge >= 0.3 is 0 Å². The molecule has 1 aliphatic rings. The molecule has 0 saturated carbocycles. The fourth-order valence-electron chi connectivity index (χ4n) is 1.56. The lowest BCUT2D eigenvalue weighted by molar-refractivity contribution is -0.689. The molecule has 64 valence electrons. The van der Waals surface area contributed by atoms with Crippen LogP contribution in [0, 0.1) is 0 Å². The maximum atomic E-state index is 2.45. The number of rotatable bonds is 1. The Bertz CT molecular complexity index is 229. The highest BCUT2D eigenvalue weighted by Gasteiger charge is 2.17. The largest absolute Gasteiger partial charge is 0.339 e. The molecule has 1 atom stereocenters. The second kappa shape index (κ2) is 3.97. The van der Waals surface area contributed by atoms with Gasteiger partial charge in [-0.25, -0.2) is 0 Å². The van der Waals surface area contributed by atoms with E-state index in [1.165, 1.54) is 23.6 Å². The first-order chi connectivity index (χ1) is 5.97. The Balaban J connectivity index is 2.08. The first-order valence-corrected chi connectivity index (χ1v) is 5.58. The van der Waals surface area contributed by atoms with E-state index in [1.54, 1.807) is 0 Å². The zero-order chi connectivity index (χ0) is 8.23. The van der Waals surface area contributed by atoms with E-state index < -0.39 is 0 Å². The number of benzene rings is 1. The van der Waals surface area contributed by atoms with Crippen molar-refractivity contribution in [3.05, 3.63) is 35.9 Å². The standard InChI is InChI=1S/C10H13NS/c1-2-4-9(5-3-1)10-8-12-7-6-11-10/h1-5,10-11H,6-8H2/p+1/t10-/m0/s1. The van der Waals surface area contributed by atoms with Gasteiger partial charge in [0.05, 0.1) is 12.3 Å². The first kappa shape index (κ1) is 8.14. The molecule has 2 N–H and O–H groups in total. The highest BCUT2D eigenvalue weighted by Crippen LogP contribution is 2.16. The van der Waals surface area contributed by atoms with Crippen LogP contribution in [0.4, 0.5) is 0 Å². The van der Waals surface area contributed by atoms with Crippen LogP contribution in [0.5, 0.6) is 0 Å². The molecule has 0 spiro atoms. The predicted molar refractivity (Wildman–Crippen MR) is 53.3 cm³/mol. The third kappa shape index (κ3) is 1.82. The van der Waals surface area contributed by atoms with Gasteiger partial charge in [-0.3, -0.25) is 0 Å². The van der Waals surface area contributed by atoms with Gasteiger partial charge in [0.25, 0.3) is 0 Å². The number of quaternary nitrogens is 1. The summed E-state index contributed by atoms with van der Waals surface area (Å²) in [6.45, 7) is 1.27. The minimum atomic E-state index is 0.699. The van der Waals surface area contributed by atoms with E-state index in [-0.39, 0.29) is 0 Å². The number of nitrogens with two attached hydrogens (primary N) is 1. The van der Waals surface area contributed by atoms with Gasteiger partial charge in [-0.2, -0.15) is 0 Å². The number of hydrogen-bond acceptors (Lipinski definition) is 1. The van der Waals surface area contributed by atoms with Gasteiger partial charge in [0.1, 0.15) is 6.04 Å². The number of thioether (sulfide) groups is 1. The Morgan fingerprint density at radius 3 is 2.75 bits per heavy atom. The molecule has 0 radical (unpaired) electrons. The minimum Gasteiger partial charge on any atom is -0.339 e. The van der Waals surface area contributed by atoms with E-state index in [2.05, 4.69) is 47.4 Å². The molecule has 1 saturated heterocycles. The van der Waals surface area contributed by atoms with Gasteiger partial charge in [0.2, 0.25) is 0 Å². The van der Waals surface area contributed by atoms with Crippen LogP contribution < -0.4 is 5.32 Å². The average molecular weight is 180 g/mol. The maximum Gasteiger partial charge on any atom is 0.121 e. The predicted octanol–water partition coefficient (Wildman–Crippen LogP) is 1.04. The van der Waals surface area contributed by atoms with Crippen molar-refractivity contribution >= 4 is 11.8 Å². The summed E-state index contributed by atoms with van der Waals surface area (Å²) in [5, 5.41) is 2.45. The minimum absolute atomic E-state index is 0.699. The first-order valence-electron chi connectivity index (χ1n) is 4.43. The summed E-state index contributed by atoms with van der Waals surface area (Å²) in [6, 6.07) is 11.5. The van der Waals surface area contributed by atoms with Crippen LogP contribution in [-0.4, -0.2) is 18.1 Å². The lowest BCUT2D eigenvalue weighted by Crippen LogP contribution is -2.87. The van der Waals surface area contributed by atoms with Crippen molar-refractivity contribution in [1.82, 2.24) is 0 Å². The highest BCUT2D eigenvalue weighted by atomic mass is 32.2. The zero-order valence-electron chi connectivity index (χ0n) is 7.07. The molecule has 12 heavy (non-hydrogen) atoms. The van der Waals surface area contributed by atoms with Crippen molar-refractivity contribution in [3.8, 4) is 0 Å². The third-order valence-electron chi connectivity index (χ3n) is 2.24. The molecule has 0 aliphatic carbocycles. The molecule has 2 heteroatoms. The molecular weight excluding hydrogens is 166 g/mol. The van der Waals surface area contributed by atoms with E-state index in [0.717, 1.165) is 0 Å². The molecule has 1 heterocycles. The van der Waals surface area contributed by atoms with Gasteiger partial charge in [0, 0.05) is 11.3 Å². The van der Waals surface area contributed by atoms with Gasteiger partial charge in [-0.15, -0.1) is 11.8 Å². The van der Waals surface area contributed by atoms with Crippen molar-refractivity contribution in [3.63, 3.8) is 0 Å². The van der Waals surface area contributed by atoms with Crippen molar-refractivity contribution in [2.45, 2.75) is 6.04 Å². The second-order valence-electron chi connectivity index (χ2n) is 3.12. The Kier molecular flexibility index (Phi) is 2.69. The van der Waals surface area contributed by atoms with Crippen LogP contribution in [-0.2, 0) is 0 Å². The van der Waals surface area contributed by atoms with E-state index in [0.29, 0.717) is 6.04 Å². The molecule has 1 nitrogen and oxygen atoms in total. The summed E-state index contributed by atoms with van der Waals surface area (Å²) in [7, 11) is 0. The quantitative estimate of drug-likeness (QED) is 0.683.